The highest BCUT2D eigenvalue weighted by Gasteiger charge is 2.48. The van der Waals surface area contributed by atoms with E-state index in [1.54, 1.807) is 30.0 Å². The molecule has 0 radical (unpaired) electrons. The van der Waals surface area contributed by atoms with E-state index in [1.165, 1.54) is 0 Å². The van der Waals surface area contributed by atoms with Gasteiger partial charge in [-0.1, -0.05) is 12.1 Å². The Morgan fingerprint density at radius 1 is 1.12 bits per heavy atom. The van der Waals surface area contributed by atoms with Gasteiger partial charge in [0.25, 0.3) is 5.91 Å². The van der Waals surface area contributed by atoms with Gasteiger partial charge in [0, 0.05) is 35.7 Å². The molecule has 0 unspecified atom stereocenters. The Labute approximate surface area is 184 Å². The van der Waals surface area contributed by atoms with Gasteiger partial charge in [-0.2, -0.15) is 0 Å². The number of hydrogen-bond acceptors (Lipinski definition) is 6. The molecule has 1 atom stereocenters. The number of hydrogen-bond donors (Lipinski definition) is 3. The third-order valence-electron chi connectivity index (χ3n) is 6.15. The predicted molar refractivity (Wildman–Crippen MR) is 118 cm³/mol. The number of methoxy groups -OCH3 is 1. The van der Waals surface area contributed by atoms with Crippen LogP contribution in [-0.2, 0) is 21.6 Å². The molecule has 9 nitrogen and oxygen atoms in total. The van der Waals surface area contributed by atoms with Gasteiger partial charge >= 0.3 is 6.03 Å². The number of imide groups is 1. The van der Waals surface area contributed by atoms with E-state index in [2.05, 4.69) is 15.5 Å². The molecule has 9 heteroatoms. The van der Waals surface area contributed by atoms with Gasteiger partial charge in [-0.3, -0.25) is 10.1 Å². The fraction of sp³-hybridized carbons (Fsp3) is 0.304. The molecule has 166 valence electrons. The fourth-order valence-corrected chi connectivity index (χ4v) is 4.40. The van der Waals surface area contributed by atoms with Gasteiger partial charge in [0.05, 0.1) is 26.9 Å². The molecule has 3 N–H and O–H groups in total. The molecule has 0 spiro atoms. The van der Waals surface area contributed by atoms with Crippen molar-refractivity contribution < 1.29 is 24.2 Å². The monoisotopic (exact) mass is 436 g/mol. The van der Waals surface area contributed by atoms with Crippen LogP contribution in [0.15, 0.2) is 48.7 Å². The number of aromatic hydroxyl groups is 1. The van der Waals surface area contributed by atoms with Crippen LogP contribution in [0.4, 0.5) is 10.5 Å². The number of aromatic nitrogens is 1. The minimum atomic E-state index is -1.35. The Balaban J connectivity index is 1.52. The summed E-state index contributed by atoms with van der Waals surface area (Å²) < 4.78 is 12.2. The van der Waals surface area contributed by atoms with Gasteiger partial charge in [0.1, 0.15) is 5.75 Å². The van der Waals surface area contributed by atoms with Crippen LogP contribution in [0.1, 0.15) is 5.56 Å². The lowest BCUT2D eigenvalue weighted by Crippen LogP contribution is -2.47. The van der Waals surface area contributed by atoms with Crippen molar-refractivity contribution in [1.82, 2.24) is 15.2 Å². The van der Waals surface area contributed by atoms with E-state index in [0.717, 1.165) is 24.2 Å². The number of carbonyl (C=O) groups is 2. The second kappa shape index (κ2) is 7.76. The number of carbonyl (C=O) groups excluding carboxylic acids is 2. The topological polar surface area (TPSA) is 105 Å². The number of urea groups is 1. The molecule has 2 aliphatic rings. The quantitative estimate of drug-likeness (QED) is 0.528. The smallest absolute Gasteiger partial charge is 0.322 e. The molecule has 3 amide bonds. The van der Waals surface area contributed by atoms with Crippen molar-refractivity contribution in [2.45, 2.75) is 12.1 Å². The van der Waals surface area contributed by atoms with E-state index in [9.17, 15) is 14.7 Å². The Hall–Kier alpha value is -3.72. The summed E-state index contributed by atoms with van der Waals surface area (Å²) in [6.07, 6.45) is 1.76. The number of nitrogens with zero attached hydrogens (tertiary/aromatic N) is 2. The second-order valence-electron chi connectivity index (χ2n) is 7.99. The molecule has 2 aliphatic heterocycles. The third-order valence-corrected chi connectivity index (χ3v) is 6.15. The van der Waals surface area contributed by atoms with Crippen LogP contribution in [0.25, 0.3) is 10.8 Å². The van der Waals surface area contributed by atoms with Gasteiger partial charge < -0.3 is 29.4 Å². The lowest BCUT2D eigenvalue weighted by molar-refractivity contribution is -0.124. The fourth-order valence-electron chi connectivity index (χ4n) is 4.40. The molecular formula is C23H24N4O5. The average Bonchev–Trinajstić information content (AvgIpc) is 3.29. The summed E-state index contributed by atoms with van der Waals surface area (Å²) >= 11 is 0. The van der Waals surface area contributed by atoms with Crippen LogP contribution in [0, 0.1) is 0 Å². The molecule has 0 bridgehead atoms. The number of benzene rings is 2. The minimum Gasteiger partial charge on any atom is -0.497 e. The number of amides is 3. The summed E-state index contributed by atoms with van der Waals surface area (Å²) in [6.45, 7) is 2.99. The van der Waals surface area contributed by atoms with Crippen molar-refractivity contribution in [1.29, 1.82) is 0 Å². The molecule has 1 aromatic heterocycles. The first-order valence-corrected chi connectivity index (χ1v) is 10.4. The summed E-state index contributed by atoms with van der Waals surface area (Å²) in [6, 6.07) is 12.4. The van der Waals surface area contributed by atoms with E-state index in [1.807, 2.05) is 30.3 Å². The maximum atomic E-state index is 13.0. The Morgan fingerprint density at radius 2 is 1.88 bits per heavy atom. The van der Waals surface area contributed by atoms with E-state index >= 15 is 0 Å². The van der Waals surface area contributed by atoms with Crippen molar-refractivity contribution in [2.75, 3.05) is 38.3 Å². The van der Waals surface area contributed by atoms with Crippen molar-refractivity contribution in [3.63, 3.8) is 0 Å². The van der Waals surface area contributed by atoms with Crippen LogP contribution in [0.5, 0.6) is 11.6 Å². The summed E-state index contributed by atoms with van der Waals surface area (Å²) in [5, 5.41) is 17.4. The zero-order chi connectivity index (χ0) is 22.3. The SMILES string of the molecule is COc1ccc2cn(C[C@@]3(c4ccc(N5CCOCC5)cc4)NC(=O)NC3=O)c(O)c2c1. The lowest BCUT2D eigenvalue weighted by Gasteiger charge is -2.31. The van der Waals surface area contributed by atoms with Gasteiger partial charge in [-0.25, -0.2) is 4.79 Å². The highest BCUT2D eigenvalue weighted by Crippen LogP contribution is 2.35. The molecule has 0 aliphatic carbocycles. The maximum Gasteiger partial charge on any atom is 0.322 e. The van der Waals surface area contributed by atoms with Crippen LogP contribution in [-0.4, -0.2) is 55.0 Å². The molecule has 32 heavy (non-hydrogen) atoms. The average molecular weight is 436 g/mol. The second-order valence-corrected chi connectivity index (χ2v) is 7.99. The number of ether oxygens (including phenoxy) is 2. The Kier molecular flexibility index (Phi) is 4.90. The molecule has 5 rings (SSSR count). The van der Waals surface area contributed by atoms with Gasteiger partial charge in [0.15, 0.2) is 11.4 Å². The van der Waals surface area contributed by atoms with Crippen molar-refractivity contribution >= 4 is 28.4 Å². The summed E-state index contributed by atoms with van der Waals surface area (Å²) in [7, 11) is 1.56. The largest absolute Gasteiger partial charge is 0.497 e. The third kappa shape index (κ3) is 3.31. The zero-order valence-corrected chi connectivity index (χ0v) is 17.6. The van der Waals surface area contributed by atoms with Crippen LogP contribution >= 0.6 is 0 Å². The van der Waals surface area contributed by atoms with Crippen molar-refractivity contribution in [2.24, 2.45) is 0 Å². The highest BCUT2D eigenvalue weighted by molar-refractivity contribution is 6.07. The van der Waals surface area contributed by atoms with Crippen LogP contribution in [0.2, 0.25) is 0 Å². The summed E-state index contributed by atoms with van der Waals surface area (Å²) in [5.41, 5.74) is 0.309. The summed E-state index contributed by atoms with van der Waals surface area (Å²) in [5.74, 6) is 0.152. The lowest BCUT2D eigenvalue weighted by atomic mass is 9.89. The number of rotatable bonds is 5. The first-order chi connectivity index (χ1) is 15.5. The number of morpholine rings is 1. The molecular weight excluding hydrogens is 412 g/mol. The van der Waals surface area contributed by atoms with Gasteiger partial charge in [-0.05, 0) is 35.9 Å². The predicted octanol–water partition coefficient (Wildman–Crippen LogP) is 1.93. The van der Waals surface area contributed by atoms with Gasteiger partial charge in [0.2, 0.25) is 0 Å². The van der Waals surface area contributed by atoms with Crippen molar-refractivity contribution in [3.05, 3.63) is 54.2 Å². The van der Waals surface area contributed by atoms with Crippen molar-refractivity contribution in [3.8, 4) is 11.6 Å². The Bertz CT molecular complexity index is 1180. The molecule has 2 fully saturated rings. The van der Waals surface area contributed by atoms with Crippen LogP contribution in [0.3, 0.4) is 0 Å². The maximum absolute atomic E-state index is 13.0. The Morgan fingerprint density at radius 3 is 2.53 bits per heavy atom. The zero-order valence-electron chi connectivity index (χ0n) is 17.6. The molecule has 2 saturated heterocycles. The molecule has 3 heterocycles. The van der Waals surface area contributed by atoms with Crippen LogP contribution < -0.4 is 20.3 Å². The highest BCUT2D eigenvalue weighted by atomic mass is 16.5. The van der Waals surface area contributed by atoms with E-state index in [4.69, 9.17) is 9.47 Å². The number of fused-ring (bicyclic) bond motifs is 1. The van der Waals surface area contributed by atoms with Gasteiger partial charge in [-0.15, -0.1) is 0 Å². The number of anilines is 1. The van der Waals surface area contributed by atoms with E-state index in [-0.39, 0.29) is 12.4 Å². The normalized spacial score (nSPS) is 21.0. The van der Waals surface area contributed by atoms with E-state index in [0.29, 0.717) is 29.9 Å². The first-order valence-electron chi connectivity index (χ1n) is 10.4. The number of nitrogens with one attached hydrogen (secondary N) is 2. The molecule has 0 saturated carbocycles. The standard InChI is InChI=1S/C23H24N4O5/c1-31-18-7-2-15-13-27(20(28)19(15)12-18)14-23(21(29)24-22(30)25-23)16-3-5-17(6-4-16)26-8-10-32-11-9-26/h2-7,12-13,28H,8-11,14H2,1H3,(H2,24,25,29,30)/t23-/m0/s1. The first kappa shape index (κ1) is 20.2. The minimum absolute atomic E-state index is 0.00263. The summed E-state index contributed by atoms with van der Waals surface area (Å²) in [4.78, 5) is 27.3. The van der Waals surface area contributed by atoms with E-state index < -0.39 is 17.5 Å². The molecule has 2 aromatic carbocycles. The molecule has 3 aromatic rings.